The SMILES string of the molecule is CCCCCN1[C@@H]2CC[C@H]1CC(=O)NCCOc1ccc(F)cc1C(=O)NC2. The summed E-state index contributed by atoms with van der Waals surface area (Å²) < 4.78 is 19.3. The zero-order valence-corrected chi connectivity index (χ0v) is 16.5. The molecule has 2 amide bonds. The molecule has 1 saturated heterocycles. The number of amides is 2. The van der Waals surface area contributed by atoms with Crippen LogP contribution >= 0.6 is 0 Å². The molecule has 2 heterocycles. The monoisotopic (exact) mass is 391 g/mol. The van der Waals surface area contributed by atoms with Gasteiger partial charge in [-0.05, 0) is 44.0 Å². The second-order valence-electron chi connectivity index (χ2n) is 7.58. The van der Waals surface area contributed by atoms with Crippen LogP contribution in [0, 0.1) is 5.82 Å². The molecule has 2 bridgehead atoms. The van der Waals surface area contributed by atoms with Crippen molar-refractivity contribution in [2.24, 2.45) is 0 Å². The Labute approximate surface area is 165 Å². The van der Waals surface area contributed by atoms with Crippen molar-refractivity contribution in [3.05, 3.63) is 29.6 Å². The average molecular weight is 391 g/mol. The fraction of sp³-hybridized carbons (Fsp3) is 0.619. The van der Waals surface area contributed by atoms with Crippen molar-refractivity contribution in [1.29, 1.82) is 0 Å². The van der Waals surface area contributed by atoms with Crippen LogP contribution in [0.4, 0.5) is 4.39 Å². The van der Waals surface area contributed by atoms with Crippen LogP contribution in [-0.2, 0) is 4.79 Å². The predicted octanol–water partition coefficient (Wildman–Crippen LogP) is 2.48. The highest BCUT2D eigenvalue weighted by Gasteiger charge is 2.34. The van der Waals surface area contributed by atoms with Crippen molar-refractivity contribution in [2.45, 2.75) is 57.5 Å². The van der Waals surface area contributed by atoms with Crippen LogP contribution in [0.2, 0.25) is 0 Å². The van der Waals surface area contributed by atoms with Gasteiger partial charge in [0.2, 0.25) is 5.91 Å². The molecule has 0 unspecified atom stereocenters. The van der Waals surface area contributed by atoms with E-state index >= 15 is 0 Å². The number of hydrogen-bond acceptors (Lipinski definition) is 4. The molecule has 154 valence electrons. The quantitative estimate of drug-likeness (QED) is 0.774. The molecule has 1 fully saturated rings. The predicted molar refractivity (Wildman–Crippen MR) is 105 cm³/mol. The molecular formula is C21H30FN3O3. The second kappa shape index (κ2) is 9.87. The van der Waals surface area contributed by atoms with Gasteiger partial charge in [0.1, 0.15) is 18.2 Å². The van der Waals surface area contributed by atoms with E-state index in [1.165, 1.54) is 18.2 Å². The summed E-state index contributed by atoms with van der Waals surface area (Å²) in [6, 6.07) is 4.32. The van der Waals surface area contributed by atoms with E-state index in [2.05, 4.69) is 22.5 Å². The number of benzene rings is 1. The van der Waals surface area contributed by atoms with Crippen LogP contribution in [0.25, 0.3) is 0 Å². The number of halogens is 1. The van der Waals surface area contributed by atoms with Gasteiger partial charge >= 0.3 is 0 Å². The summed E-state index contributed by atoms with van der Waals surface area (Å²) in [4.78, 5) is 27.4. The van der Waals surface area contributed by atoms with Crippen molar-refractivity contribution in [3.63, 3.8) is 0 Å². The summed E-state index contributed by atoms with van der Waals surface area (Å²) in [6.45, 7) is 4.16. The molecule has 0 radical (unpaired) electrons. The van der Waals surface area contributed by atoms with Crippen LogP contribution in [0.15, 0.2) is 18.2 Å². The topological polar surface area (TPSA) is 70.7 Å². The Hall–Kier alpha value is -2.15. The minimum Gasteiger partial charge on any atom is -0.491 e. The summed E-state index contributed by atoms with van der Waals surface area (Å²) in [5, 5.41) is 5.85. The highest BCUT2D eigenvalue weighted by atomic mass is 19.1. The Morgan fingerprint density at radius 3 is 2.82 bits per heavy atom. The van der Waals surface area contributed by atoms with Gasteiger partial charge < -0.3 is 15.4 Å². The van der Waals surface area contributed by atoms with Gasteiger partial charge in [-0.15, -0.1) is 0 Å². The lowest BCUT2D eigenvalue weighted by atomic mass is 10.1. The van der Waals surface area contributed by atoms with Gasteiger partial charge in [0, 0.05) is 25.0 Å². The first-order chi connectivity index (χ1) is 13.6. The molecule has 0 spiro atoms. The zero-order valence-electron chi connectivity index (χ0n) is 16.5. The van der Waals surface area contributed by atoms with Gasteiger partial charge in [-0.3, -0.25) is 14.5 Å². The Kier molecular flexibility index (Phi) is 7.25. The molecule has 7 heteroatoms. The van der Waals surface area contributed by atoms with Gasteiger partial charge in [-0.1, -0.05) is 19.8 Å². The van der Waals surface area contributed by atoms with Crippen molar-refractivity contribution < 1.29 is 18.7 Å². The van der Waals surface area contributed by atoms with Crippen LogP contribution in [0.5, 0.6) is 5.75 Å². The summed E-state index contributed by atoms with van der Waals surface area (Å²) in [5.74, 6) is -0.453. The molecule has 6 nitrogen and oxygen atoms in total. The lowest BCUT2D eigenvalue weighted by Gasteiger charge is -2.30. The molecular weight excluding hydrogens is 361 g/mol. The van der Waals surface area contributed by atoms with E-state index in [1.807, 2.05) is 0 Å². The van der Waals surface area contributed by atoms with E-state index in [9.17, 15) is 14.0 Å². The molecule has 0 aromatic heterocycles. The maximum absolute atomic E-state index is 13.7. The maximum atomic E-state index is 13.7. The Morgan fingerprint density at radius 2 is 2.00 bits per heavy atom. The molecule has 0 saturated carbocycles. The van der Waals surface area contributed by atoms with Crippen LogP contribution < -0.4 is 15.4 Å². The normalized spacial score (nSPS) is 23.9. The number of nitrogens with zero attached hydrogens (tertiary/aromatic N) is 1. The molecule has 3 rings (SSSR count). The van der Waals surface area contributed by atoms with Crippen LogP contribution in [0.1, 0.15) is 55.8 Å². The molecule has 28 heavy (non-hydrogen) atoms. The van der Waals surface area contributed by atoms with E-state index < -0.39 is 5.82 Å². The van der Waals surface area contributed by atoms with Crippen molar-refractivity contribution >= 4 is 11.8 Å². The molecule has 2 N–H and O–H groups in total. The van der Waals surface area contributed by atoms with Crippen LogP contribution in [0.3, 0.4) is 0 Å². The molecule has 1 aromatic rings. The third kappa shape index (κ3) is 5.22. The highest BCUT2D eigenvalue weighted by molar-refractivity contribution is 5.97. The Balaban J connectivity index is 1.78. The summed E-state index contributed by atoms with van der Waals surface area (Å²) in [5.41, 5.74) is 0.190. The summed E-state index contributed by atoms with van der Waals surface area (Å²) in [6.07, 6.45) is 5.74. The molecule has 2 aliphatic heterocycles. The number of carbonyl (C=O) groups is 2. The van der Waals surface area contributed by atoms with E-state index in [1.54, 1.807) is 0 Å². The number of nitrogens with one attached hydrogen (secondary N) is 2. The van der Waals surface area contributed by atoms with Crippen molar-refractivity contribution in [3.8, 4) is 5.75 Å². The summed E-state index contributed by atoms with van der Waals surface area (Å²) in [7, 11) is 0. The number of rotatable bonds is 4. The van der Waals surface area contributed by atoms with Crippen molar-refractivity contribution in [2.75, 3.05) is 26.2 Å². The minimum atomic E-state index is -0.478. The molecule has 2 aliphatic rings. The number of hydrogen-bond donors (Lipinski definition) is 2. The maximum Gasteiger partial charge on any atom is 0.255 e. The fourth-order valence-corrected chi connectivity index (χ4v) is 4.11. The first-order valence-electron chi connectivity index (χ1n) is 10.3. The van der Waals surface area contributed by atoms with Gasteiger partial charge in [0.05, 0.1) is 12.1 Å². The molecule has 2 atom stereocenters. The number of fused-ring (bicyclic) bond motifs is 3. The first-order valence-corrected chi connectivity index (χ1v) is 10.3. The zero-order chi connectivity index (χ0) is 19.9. The molecule has 0 aliphatic carbocycles. The minimum absolute atomic E-state index is 0.0233. The largest absolute Gasteiger partial charge is 0.491 e. The third-order valence-electron chi connectivity index (χ3n) is 5.58. The fourth-order valence-electron chi connectivity index (χ4n) is 4.11. The third-order valence-corrected chi connectivity index (χ3v) is 5.58. The van der Waals surface area contributed by atoms with Gasteiger partial charge in [0.25, 0.3) is 5.91 Å². The number of ether oxygens (including phenoxy) is 1. The van der Waals surface area contributed by atoms with E-state index in [4.69, 9.17) is 4.74 Å². The Bertz CT molecular complexity index is 697. The van der Waals surface area contributed by atoms with E-state index in [0.29, 0.717) is 25.3 Å². The standard InChI is InChI=1S/C21H30FN3O3/c1-2-3-4-10-25-16-6-7-17(25)14-24-21(27)18-12-15(22)5-8-19(18)28-11-9-23-20(26)13-16/h5,8,12,16-17H,2-4,6-7,9-11,13-14H2,1H3,(H,23,26)(H,24,27)/t16-,17+/m0/s1. The number of unbranched alkanes of at least 4 members (excludes halogenated alkanes) is 2. The lowest BCUT2D eigenvalue weighted by molar-refractivity contribution is -0.122. The van der Waals surface area contributed by atoms with E-state index in [0.717, 1.165) is 38.6 Å². The smallest absolute Gasteiger partial charge is 0.255 e. The lowest BCUT2D eigenvalue weighted by Crippen LogP contribution is -2.45. The number of carbonyl (C=O) groups excluding carboxylic acids is 2. The Morgan fingerprint density at radius 1 is 1.18 bits per heavy atom. The molecule has 1 aromatic carbocycles. The highest BCUT2D eigenvalue weighted by Crippen LogP contribution is 2.27. The van der Waals surface area contributed by atoms with Gasteiger partial charge in [-0.2, -0.15) is 0 Å². The second-order valence-corrected chi connectivity index (χ2v) is 7.58. The van der Waals surface area contributed by atoms with Gasteiger partial charge in [0.15, 0.2) is 0 Å². The van der Waals surface area contributed by atoms with Gasteiger partial charge in [-0.25, -0.2) is 4.39 Å². The van der Waals surface area contributed by atoms with E-state index in [-0.39, 0.29) is 36.1 Å². The van der Waals surface area contributed by atoms with Crippen LogP contribution in [-0.4, -0.2) is 55.0 Å². The van der Waals surface area contributed by atoms with Crippen molar-refractivity contribution in [1.82, 2.24) is 15.5 Å². The first kappa shape index (κ1) is 20.6. The average Bonchev–Trinajstić information content (AvgIpc) is 3.05. The summed E-state index contributed by atoms with van der Waals surface area (Å²) >= 11 is 0.